The number of hydrogen-bond donors (Lipinski definition) is 0. The minimum Gasteiger partial charge on any atom is -0.0654 e. The molecule has 0 heteroatoms. The van der Waals surface area contributed by atoms with E-state index in [0.717, 1.165) is 17.8 Å². The molecule has 3 atom stereocenters. The minimum absolute atomic E-state index is 1.08. The lowest BCUT2D eigenvalue weighted by atomic mass is 9.61. The molecule has 0 aromatic heterocycles. The predicted octanol–water partition coefficient (Wildman–Crippen LogP) is 3.86. The maximum Gasteiger partial charge on any atom is -0.0360 e. The lowest BCUT2D eigenvalue weighted by Crippen LogP contribution is -2.35. The van der Waals surface area contributed by atoms with E-state index in [1.54, 1.807) is 0 Å². The summed E-state index contributed by atoms with van der Waals surface area (Å²) in [5, 5.41) is 0. The summed E-state index contributed by atoms with van der Waals surface area (Å²) in [4.78, 5) is 0. The molecule has 0 aliphatic heterocycles. The number of hydrogen-bond acceptors (Lipinski definition) is 0. The van der Waals surface area contributed by atoms with Crippen molar-refractivity contribution < 1.29 is 0 Å². The van der Waals surface area contributed by atoms with Gasteiger partial charge in [0.05, 0.1) is 0 Å². The summed E-state index contributed by atoms with van der Waals surface area (Å²) < 4.78 is 0. The highest BCUT2D eigenvalue weighted by atomic mass is 14.4. The highest BCUT2D eigenvalue weighted by molar-refractivity contribution is 4.86. The average molecular weight is 154 g/mol. The van der Waals surface area contributed by atoms with Crippen LogP contribution in [0.2, 0.25) is 0 Å². The monoisotopic (exact) mass is 154 g/mol. The molecule has 1 fully saturated rings. The Morgan fingerprint density at radius 2 is 1.73 bits per heavy atom. The van der Waals surface area contributed by atoms with Crippen LogP contribution in [0, 0.1) is 17.8 Å². The Labute approximate surface area is 71.4 Å². The highest BCUT2D eigenvalue weighted by Crippen LogP contribution is 2.46. The first-order chi connectivity index (χ1) is 5.33. The van der Waals surface area contributed by atoms with Gasteiger partial charge in [-0.3, -0.25) is 0 Å². The second-order valence-corrected chi connectivity index (χ2v) is 4.02. The normalized spacial score (nSPS) is 36.8. The molecule has 66 valence electrons. The third-order valence-corrected chi connectivity index (χ3v) is 3.47. The van der Waals surface area contributed by atoms with Gasteiger partial charge >= 0.3 is 0 Å². The Kier molecular flexibility index (Phi) is 3.42. The largest absolute Gasteiger partial charge is 0.0654 e. The molecule has 0 saturated heterocycles. The van der Waals surface area contributed by atoms with Gasteiger partial charge in [0.15, 0.2) is 0 Å². The zero-order chi connectivity index (χ0) is 8.27. The molecule has 0 bridgehead atoms. The average Bonchev–Trinajstić information content (AvgIpc) is 1.98. The molecule has 1 aliphatic carbocycles. The predicted molar refractivity (Wildman–Crippen MR) is 50.6 cm³/mol. The molecule has 0 nitrogen and oxygen atoms in total. The van der Waals surface area contributed by atoms with E-state index in [1.807, 2.05) is 0 Å². The van der Waals surface area contributed by atoms with Crippen LogP contribution in [0.15, 0.2) is 0 Å². The Morgan fingerprint density at radius 3 is 2.18 bits per heavy atom. The van der Waals surface area contributed by atoms with Crippen LogP contribution in [0.1, 0.15) is 52.9 Å². The molecular weight excluding hydrogens is 132 g/mol. The SMILES string of the molecule is CCCC1CC(CC)C1CC. The molecule has 0 N–H and O–H groups in total. The van der Waals surface area contributed by atoms with Gasteiger partial charge in [-0.05, 0) is 24.2 Å². The fourth-order valence-electron chi connectivity index (χ4n) is 2.77. The van der Waals surface area contributed by atoms with Crippen molar-refractivity contribution in [2.45, 2.75) is 52.9 Å². The van der Waals surface area contributed by atoms with Gasteiger partial charge in [-0.25, -0.2) is 0 Å². The van der Waals surface area contributed by atoms with Gasteiger partial charge in [-0.2, -0.15) is 0 Å². The Balaban J connectivity index is 2.27. The van der Waals surface area contributed by atoms with E-state index in [1.165, 1.54) is 32.1 Å². The molecule has 0 aromatic rings. The maximum absolute atomic E-state index is 2.36. The van der Waals surface area contributed by atoms with Crippen molar-refractivity contribution in [1.29, 1.82) is 0 Å². The lowest BCUT2D eigenvalue weighted by molar-refractivity contribution is 0.0568. The van der Waals surface area contributed by atoms with Gasteiger partial charge in [-0.1, -0.05) is 46.5 Å². The zero-order valence-corrected chi connectivity index (χ0v) is 8.27. The van der Waals surface area contributed by atoms with E-state index in [2.05, 4.69) is 20.8 Å². The van der Waals surface area contributed by atoms with E-state index >= 15 is 0 Å². The van der Waals surface area contributed by atoms with Crippen LogP contribution in [0.3, 0.4) is 0 Å². The molecule has 0 aromatic carbocycles. The summed E-state index contributed by atoms with van der Waals surface area (Å²) in [7, 11) is 0. The quantitative estimate of drug-likeness (QED) is 0.577. The van der Waals surface area contributed by atoms with Crippen LogP contribution in [-0.2, 0) is 0 Å². The van der Waals surface area contributed by atoms with Crippen LogP contribution in [0.5, 0.6) is 0 Å². The molecule has 1 aliphatic rings. The van der Waals surface area contributed by atoms with Gasteiger partial charge in [0, 0.05) is 0 Å². The van der Waals surface area contributed by atoms with E-state index in [0.29, 0.717) is 0 Å². The van der Waals surface area contributed by atoms with Crippen molar-refractivity contribution in [2.24, 2.45) is 17.8 Å². The highest BCUT2D eigenvalue weighted by Gasteiger charge is 2.36. The number of rotatable bonds is 4. The topological polar surface area (TPSA) is 0 Å². The molecule has 1 rings (SSSR count). The molecule has 11 heavy (non-hydrogen) atoms. The van der Waals surface area contributed by atoms with Crippen molar-refractivity contribution in [1.82, 2.24) is 0 Å². The molecule has 3 unspecified atom stereocenters. The molecule has 1 saturated carbocycles. The van der Waals surface area contributed by atoms with Crippen molar-refractivity contribution in [3.63, 3.8) is 0 Å². The fourth-order valence-corrected chi connectivity index (χ4v) is 2.77. The smallest absolute Gasteiger partial charge is 0.0360 e. The lowest BCUT2D eigenvalue weighted by Gasteiger charge is -2.44. The molecule has 0 spiro atoms. The van der Waals surface area contributed by atoms with Crippen molar-refractivity contribution in [3.8, 4) is 0 Å². The van der Waals surface area contributed by atoms with Crippen LogP contribution in [0.25, 0.3) is 0 Å². The summed E-state index contributed by atoms with van der Waals surface area (Å²) in [6.45, 7) is 7.01. The van der Waals surface area contributed by atoms with E-state index in [9.17, 15) is 0 Å². The van der Waals surface area contributed by atoms with Crippen molar-refractivity contribution in [3.05, 3.63) is 0 Å². The zero-order valence-electron chi connectivity index (χ0n) is 8.27. The second kappa shape index (κ2) is 4.13. The molecule has 0 heterocycles. The first-order valence-corrected chi connectivity index (χ1v) is 5.33. The van der Waals surface area contributed by atoms with Gasteiger partial charge in [0.2, 0.25) is 0 Å². The van der Waals surface area contributed by atoms with Gasteiger partial charge in [0.25, 0.3) is 0 Å². The Morgan fingerprint density at radius 1 is 1.00 bits per heavy atom. The van der Waals surface area contributed by atoms with Crippen molar-refractivity contribution >= 4 is 0 Å². The summed E-state index contributed by atoms with van der Waals surface area (Å²) in [6, 6.07) is 0. The summed E-state index contributed by atoms with van der Waals surface area (Å²) >= 11 is 0. The summed E-state index contributed by atoms with van der Waals surface area (Å²) in [5.41, 5.74) is 0. The van der Waals surface area contributed by atoms with Crippen LogP contribution < -0.4 is 0 Å². The molecule has 0 amide bonds. The minimum atomic E-state index is 1.08. The fraction of sp³-hybridized carbons (Fsp3) is 1.00. The summed E-state index contributed by atoms with van der Waals surface area (Å²) in [6.07, 6.45) is 7.23. The van der Waals surface area contributed by atoms with E-state index in [-0.39, 0.29) is 0 Å². The van der Waals surface area contributed by atoms with Gasteiger partial charge < -0.3 is 0 Å². The molecular formula is C11H22. The maximum atomic E-state index is 2.36. The summed E-state index contributed by atoms with van der Waals surface area (Å²) in [5.74, 6) is 3.26. The van der Waals surface area contributed by atoms with Crippen LogP contribution in [-0.4, -0.2) is 0 Å². The third kappa shape index (κ3) is 1.77. The Bertz CT molecular complexity index is 107. The van der Waals surface area contributed by atoms with Gasteiger partial charge in [-0.15, -0.1) is 0 Å². The first kappa shape index (κ1) is 9.09. The van der Waals surface area contributed by atoms with Crippen molar-refractivity contribution in [2.75, 3.05) is 0 Å². The van der Waals surface area contributed by atoms with Crippen LogP contribution in [0.4, 0.5) is 0 Å². The standard InChI is InChI=1S/C11H22/c1-4-7-10-8-9(5-2)11(10)6-3/h9-11H,4-8H2,1-3H3. The Hall–Kier alpha value is 0. The van der Waals surface area contributed by atoms with E-state index in [4.69, 9.17) is 0 Å². The second-order valence-electron chi connectivity index (χ2n) is 4.02. The first-order valence-electron chi connectivity index (χ1n) is 5.33. The molecule has 0 radical (unpaired) electrons. The van der Waals surface area contributed by atoms with Gasteiger partial charge in [0.1, 0.15) is 0 Å². The third-order valence-electron chi connectivity index (χ3n) is 3.47. The van der Waals surface area contributed by atoms with Crippen LogP contribution >= 0.6 is 0 Å². The van der Waals surface area contributed by atoms with E-state index < -0.39 is 0 Å².